The van der Waals surface area contributed by atoms with Gasteiger partial charge in [0.05, 0.1) is 5.60 Å². The van der Waals surface area contributed by atoms with E-state index in [1.54, 1.807) is 19.1 Å². The Morgan fingerprint density at radius 1 is 1.31 bits per heavy atom. The van der Waals surface area contributed by atoms with Gasteiger partial charge in [-0.2, -0.15) is 0 Å². The Hall–Kier alpha value is -1.09. The molecule has 0 fully saturated rings. The largest absolute Gasteiger partial charge is 0.491 e. The van der Waals surface area contributed by atoms with Crippen LogP contribution >= 0.6 is 0 Å². The third-order valence-corrected chi connectivity index (χ3v) is 2.95. The van der Waals surface area contributed by atoms with Crippen LogP contribution in [-0.4, -0.2) is 17.3 Å². The fourth-order valence-corrected chi connectivity index (χ4v) is 1.38. The molecule has 16 heavy (non-hydrogen) atoms. The van der Waals surface area contributed by atoms with Crippen LogP contribution in [-0.2, 0) is 0 Å². The second-order valence-electron chi connectivity index (χ2n) is 4.13. The minimum atomic E-state index is -0.789. The minimum absolute atomic E-state index is 0.241. The van der Waals surface area contributed by atoms with Gasteiger partial charge in [-0.3, -0.25) is 0 Å². The van der Waals surface area contributed by atoms with Crippen LogP contribution < -0.4 is 4.74 Å². The Morgan fingerprint density at radius 2 is 1.94 bits per heavy atom. The first kappa shape index (κ1) is 13.0. The highest BCUT2D eigenvalue weighted by molar-refractivity contribution is 5.28. The first-order chi connectivity index (χ1) is 7.50. The monoisotopic (exact) mass is 226 g/mol. The highest BCUT2D eigenvalue weighted by Crippen LogP contribution is 2.20. The van der Waals surface area contributed by atoms with Gasteiger partial charge in [0.2, 0.25) is 0 Å². The number of hydrogen-bond donors (Lipinski definition) is 1. The van der Waals surface area contributed by atoms with Crippen molar-refractivity contribution in [3.63, 3.8) is 0 Å². The normalized spacial score (nSPS) is 11.6. The zero-order chi connectivity index (χ0) is 12.2. The summed E-state index contributed by atoms with van der Waals surface area (Å²) in [6.45, 7) is 5.77. The lowest BCUT2D eigenvalue weighted by molar-refractivity contribution is -0.0113. The maximum Gasteiger partial charge on any atom is 0.126 e. The Bertz CT molecular complexity index is 346. The van der Waals surface area contributed by atoms with Gasteiger partial charge in [0, 0.05) is 0 Å². The maximum absolute atomic E-state index is 13.0. The van der Waals surface area contributed by atoms with E-state index in [-0.39, 0.29) is 12.4 Å². The summed E-state index contributed by atoms with van der Waals surface area (Å²) in [6, 6.07) is 4.59. The Labute approximate surface area is 96.1 Å². The fourth-order valence-electron chi connectivity index (χ4n) is 1.38. The molecule has 0 bridgehead atoms. The van der Waals surface area contributed by atoms with Crippen LogP contribution in [0.4, 0.5) is 4.39 Å². The van der Waals surface area contributed by atoms with Gasteiger partial charge < -0.3 is 9.84 Å². The zero-order valence-corrected chi connectivity index (χ0v) is 10.1. The average Bonchev–Trinajstić information content (AvgIpc) is 2.30. The first-order valence-corrected chi connectivity index (χ1v) is 5.62. The summed E-state index contributed by atoms with van der Waals surface area (Å²) in [5.41, 5.74) is -0.239. The van der Waals surface area contributed by atoms with Crippen LogP contribution in [0.1, 0.15) is 32.3 Å². The van der Waals surface area contributed by atoms with Crippen LogP contribution in [0, 0.1) is 12.7 Å². The molecular weight excluding hydrogens is 207 g/mol. The molecule has 0 saturated heterocycles. The number of hydrogen-bond acceptors (Lipinski definition) is 2. The number of aliphatic hydroxyl groups is 1. The third kappa shape index (κ3) is 3.20. The summed E-state index contributed by atoms with van der Waals surface area (Å²) < 4.78 is 18.5. The quantitative estimate of drug-likeness (QED) is 0.836. The molecule has 0 radical (unpaired) electrons. The minimum Gasteiger partial charge on any atom is -0.491 e. The number of ether oxygens (including phenoxy) is 1. The summed E-state index contributed by atoms with van der Waals surface area (Å²) in [5.74, 6) is 0.354. The molecule has 0 aromatic heterocycles. The van der Waals surface area contributed by atoms with Crippen LogP contribution in [0.15, 0.2) is 18.2 Å². The maximum atomic E-state index is 13.0. The van der Waals surface area contributed by atoms with Gasteiger partial charge >= 0.3 is 0 Å². The topological polar surface area (TPSA) is 29.5 Å². The molecule has 90 valence electrons. The van der Waals surface area contributed by atoms with Crippen molar-refractivity contribution >= 4 is 0 Å². The van der Waals surface area contributed by atoms with Crippen LogP contribution in [0.5, 0.6) is 5.75 Å². The van der Waals surface area contributed by atoms with Crippen molar-refractivity contribution in [3.8, 4) is 5.75 Å². The van der Waals surface area contributed by atoms with Crippen LogP contribution in [0.3, 0.4) is 0 Å². The molecule has 0 aliphatic heterocycles. The second kappa shape index (κ2) is 5.30. The van der Waals surface area contributed by atoms with Crippen molar-refractivity contribution in [2.45, 2.75) is 39.2 Å². The lowest BCUT2D eigenvalue weighted by Gasteiger charge is -2.25. The molecule has 0 heterocycles. The molecule has 1 N–H and O–H groups in total. The van der Waals surface area contributed by atoms with E-state index < -0.39 is 5.60 Å². The van der Waals surface area contributed by atoms with Gasteiger partial charge in [-0.15, -0.1) is 0 Å². The standard InChI is InChI=1S/C13H19FO2/c1-4-13(15,5-2)9-16-11-6-7-12(14)10(3)8-11/h6-8,15H,4-5,9H2,1-3H3. The Balaban J connectivity index is 2.64. The van der Waals surface area contributed by atoms with E-state index in [0.717, 1.165) is 0 Å². The zero-order valence-electron chi connectivity index (χ0n) is 10.1. The molecular formula is C13H19FO2. The highest BCUT2D eigenvalue weighted by Gasteiger charge is 2.23. The molecule has 0 atom stereocenters. The van der Waals surface area contributed by atoms with E-state index in [2.05, 4.69) is 0 Å². The van der Waals surface area contributed by atoms with Gasteiger partial charge in [-0.1, -0.05) is 13.8 Å². The summed E-state index contributed by atoms with van der Waals surface area (Å²) in [6.07, 6.45) is 1.29. The van der Waals surface area contributed by atoms with E-state index >= 15 is 0 Å². The summed E-state index contributed by atoms with van der Waals surface area (Å²) in [7, 11) is 0. The van der Waals surface area contributed by atoms with Crippen molar-refractivity contribution in [3.05, 3.63) is 29.6 Å². The van der Waals surface area contributed by atoms with Gasteiger partial charge in [0.15, 0.2) is 0 Å². The lowest BCUT2D eigenvalue weighted by atomic mass is 9.99. The summed E-state index contributed by atoms with van der Waals surface area (Å²) >= 11 is 0. The van der Waals surface area contributed by atoms with Gasteiger partial charge in [0.1, 0.15) is 18.2 Å². The fraction of sp³-hybridized carbons (Fsp3) is 0.538. The third-order valence-electron chi connectivity index (χ3n) is 2.95. The molecule has 0 spiro atoms. The number of halogens is 1. The van der Waals surface area contributed by atoms with Crippen LogP contribution in [0.2, 0.25) is 0 Å². The van der Waals surface area contributed by atoms with E-state index in [9.17, 15) is 9.50 Å². The average molecular weight is 226 g/mol. The Morgan fingerprint density at radius 3 is 2.44 bits per heavy atom. The van der Waals surface area contributed by atoms with Gasteiger partial charge in [-0.05, 0) is 43.5 Å². The predicted molar refractivity (Wildman–Crippen MR) is 62.2 cm³/mol. The Kier molecular flexibility index (Phi) is 4.30. The summed E-state index contributed by atoms with van der Waals surface area (Å²) in [5, 5.41) is 10.0. The molecule has 0 aliphatic carbocycles. The number of aryl methyl sites for hydroxylation is 1. The highest BCUT2D eigenvalue weighted by atomic mass is 19.1. The van der Waals surface area contributed by atoms with Crippen LogP contribution in [0.25, 0.3) is 0 Å². The van der Waals surface area contributed by atoms with Crippen molar-refractivity contribution in [1.29, 1.82) is 0 Å². The number of benzene rings is 1. The number of rotatable bonds is 5. The molecule has 0 unspecified atom stereocenters. The summed E-state index contributed by atoms with van der Waals surface area (Å²) in [4.78, 5) is 0. The second-order valence-corrected chi connectivity index (χ2v) is 4.13. The molecule has 0 amide bonds. The SMILES string of the molecule is CCC(O)(CC)COc1ccc(F)c(C)c1. The van der Waals surface area contributed by atoms with E-state index in [1.807, 2.05) is 13.8 Å². The smallest absolute Gasteiger partial charge is 0.126 e. The lowest BCUT2D eigenvalue weighted by Crippen LogP contribution is -2.34. The van der Waals surface area contributed by atoms with Crippen molar-refractivity contribution in [2.75, 3.05) is 6.61 Å². The first-order valence-electron chi connectivity index (χ1n) is 5.62. The molecule has 0 aliphatic rings. The molecule has 2 nitrogen and oxygen atoms in total. The molecule has 1 rings (SSSR count). The van der Waals surface area contributed by atoms with E-state index in [1.165, 1.54) is 6.07 Å². The van der Waals surface area contributed by atoms with E-state index in [0.29, 0.717) is 24.2 Å². The van der Waals surface area contributed by atoms with Crippen molar-refractivity contribution in [2.24, 2.45) is 0 Å². The molecule has 1 aromatic carbocycles. The van der Waals surface area contributed by atoms with E-state index in [4.69, 9.17) is 4.74 Å². The van der Waals surface area contributed by atoms with Gasteiger partial charge in [-0.25, -0.2) is 4.39 Å². The molecule has 1 aromatic rings. The van der Waals surface area contributed by atoms with Gasteiger partial charge in [0.25, 0.3) is 0 Å². The van der Waals surface area contributed by atoms with Crippen molar-refractivity contribution < 1.29 is 14.2 Å². The molecule has 0 saturated carbocycles. The van der Waals surface area contributed by atoms with Crippen molar-refractivity contribution in [1.82, 2.24) is 0 Å². The predicted octanol–water partition coefficient (Wildman–Crippen LogP) is 3.06. The molecule has 3 heteroatoms.